The van der Waals surface area contributed by atoms with E-state index in [-0.39, 0.29) is 11.9 Å². The minimum atomic E-state index is -0.0855. The zero-order valence-corrected chi connectivity index (χ0v) is 11.7. The highest BCUT2D eigenvalue weighted by atomic mass is 32.1. The van der Waals surface area contributed by atoms with Crippen LogP contribution in [-0.4, -0.2) is 28.7 Å². The zero-order valence-electron chi connectivity index (χ0n) is 10.9. The molecule has 2 atom stereocenters. The second-order valence-electron chi connectivity index (χ2n) is 4.65. The lowest BCUT2D eigenvalue weighted by molar-refractivity contribution is -0.119. The molecule has 1 aliphatic rings. The van der Waals surface area contributed by atoms with E-state index in [0.29, 0.717) is 11.0 Å². The normalized spacial score (nSPS) is 23.9. The summed E-state index contributed by atoms with van der Waals surface area (Å²) in [5, 5.41) is 15.7. The Morgan fingerprint density at radius 1 is 1.50 bits per heavy atom. The molecule has 18 heavy (non-hydrogen) atoms. The minimum Gasteiger partial charge on any atom is -0.306 e. The highest BCUT2D eigenvalue weighted by Gasteiger charge is 2.26. The fourth-order valence-electron chi connectivity index (χ4n) is 2.21. The van der Waals surface area contributed by atoms with E-state index in [4.69, 9.17) is 0 Å². The van der Waals surface area contributed by atoms with Crippen molar-refractivity contribution in [2.45, 2.75) is 45.6 Å². The largest absolute Gasteiger partial charge is 0.306 e. The fraction of sp³-hybridized carbons (Fsp3) is 0.750. The van der Waals surface area contributed by atoms with E-state index in [9.17, 15) is 4.79 Å². The fourth-order valence-corrected chi connectivity index (χ4v) is 2.89. The van der Waals surface area contributed by atoms with Crippen molar-refractivity contribution in [3.05, 3.63) is 5.01 Å². The first-order valence-electron chi connectivity index (χ1n) is 6.59. The zero-order chi connectivity index (χ0) is 13.0. The number of aromatic nitrogens is 2. The summed E-state index contributed by atoms with van der Waals surface area (Å²) in [5.74, 6) is 0.676. The van der Waals surface area contributed by atoms with Gasteiger partial charge in [0.25, 0.3) is 0 Å². The molecule has 1 aromatic heterocycles. The number of hydrogen-bond donors (Lipinski definition) is 2. The summed E-state index contributed by atoms with van der Waals surface area (Å²) in [6, 6.07) is -0.0855. The quantitative estimate of drug-likeness (QED) is 0.874. The third kappa shape index (κ3) is 3.26. The van der Waals surface area contributed by atoms with Gasteiger partial charge in [0.1, 0.15) is 5.01 Å². The molecule has 1 aliphatic heterocycles. The van der Waals surface area contributed by atoms with Crippen molar-refractivity contribution in [1.82, 2.24) is 15.5 Å². The van der Waals surface area contributed by atoms with E-state index >= 15 is 0 Å². The Kier molecular flexibility index (Phi) is 4.66. The number of piperidine rings is 1. The maximum Gasteiger partial charge on any atom is 0.243 e. The topological polar surface area (TPSA) is 66.9 Å². The predicted molar refractivity (Wildman–Crippen MR) is 72.7 cm³/mol. The smallest absolute Gasteiger partial charge is 0.243 e. The molecule has 1 amide bonds. The van der Waals surface area contributed by atoms with E-state index in [2.05, 4.69) is 27.8 Å². The highest BCUT2D eigenvalue weighted by molar-refractivity contribution is 7.15. The number of amides is 1. The number of nitrogens with zero attached hydrogens (tertiary/aromatic N) is 2. The van der Waals surface area contributed by atoms with Crippen molar-refractivity contribution in [2.24, 2.45) is 5.92 Å². The molecule has 2 unspecified atom stereocenters. The van der Waals surface area contributed by atoms with Crippen LogP contribution in [0.15, 0.2) is 0 Å². The molecule has 0 aliphatic carbocycles. The van der Waals surface area contributed by atoms with Crippen molar-refractivity contribution in [3.8, 4) is 0 Å². The van der Waals surface area contributed by atoms with E-state index in [1.807, 2.05) is 6.92 Å². The van der Waals surface area contributed by atoms with Gasteiger partial charge in [-0.1, -0.05) is 31.6 Å². The van der Waals surface area contributed by atoms with Crippen LogP contribution in [0, 0.1) is 5.92 Å². The molecule has 1 saturated heterocycles. The van der Waals surface area contributed by atoms with Crippen LogP contribution in [0.3, 0.4) is 0 Å². The Hall–Kier alpha value is -1.01. The summed E-state index contributed by atoms with van der Waals surface area (Å²) in [6.45, 7) is 5.14. The molecule has 0 radical (unpaired) electrons. The van der Waals surface area contributed by atoms with Crippen LogP contribution in [0.25, 0.3) is 0 Å². The van der Waals surface area contributed by atoms with Gasteiger partial charge in [0.15, 0.2) is 0 Å². The van der Waals surface area contributed by atoms with Crippen LogP contribution in [-0.2, 0) is 11.2 Å². The molecule has 1 fully saturated rings. The molecular weight excluding hydrogens is 248 g/mol. The minimum absolute atomic E-state index is 0.0203. The molecule has 0 saturated carbocycles. The number of nitrogens with one attached hydrogen (secondary N) is 2. The number of hydrogen-bond acceptors (Lipinski definition) is 5. The van der Waals surface area contributed by atoms with Crippen molar-refractivity contribution in [1.29, 1.82) is 0 Å². The number of rotatable bonds is 4. The summed E-state index contributed by atoms with van der Waals surface area (Å²) in [5.41, 5.74) is 0. The first-order chi connectivity index (χ1) is 8.72. The van der Waals surface area contributed by atoms with Crippen LogP contribution in [0.5, 0.6) is 0 Å². The van der Waals surface area contributed by atoms with Crippen molar-refractivity contribution in [3.63, 3.8) is 0 Å². The van der Waals surface area contributed by atoms with Crippen molar-refractivity contribution >= 4 is 22.4 Å². The van der Waals surface area contributed by atoms with Gasteiger partial charge in [-0.3, -0.25) is 10.1 Å². The Labute approximate surface area is 111 Å². The second-order valence-corrected chi connectivity index (χ2v) is 5.71. The molecule has 0 spiro atoms. The van der Waals surface area contributed by atoms with Gasteiger partial charge in [-0.05, 0) is 31.7 Å². The predicted octanol–water partition coefficient (Wildman–Crippen LogP) is 1.82. The lowest BCUT2D eigenvalue weighted by Gasteiger charge is -2.28. The number of anilines is 1. The van der Waals surface area contributed by atoms with Gasteiger partial charge in [0, 0.05) is 0 Å². The van der Waals surface area contributed by atoms with Gasteiger partial charge >= 0.3 is 0 Å². The van der Waals surface area contributed by atoms with Crippen LogP contribution in [0.4, 0.5) is 5.13 Å². The third-order valence-electron chi connectivity index (χ3n) is 3.41. The molecule has 2 heterocycles. The SMILES string of the molecule is CCc1nnc(NC(=O)C2CC(CC)CCN2)s1. The number of aryl methyl sites for hydroxylation is 1. The van der Waals surface area contributed by atoms with Gasteiger partial charge < -0.3 is 5.32 Å². The summed E-state index contributed by atoms with van der Waals surface area (Å²) in [6.07, 6.45) is 4.08. The molecule has 6 heteroatoms. The first kappa shape index (κ1) is 13.4. The Morgan fingerprint density at radius 3 is 3.00 bits per heavy atom. The molecule has 2 N–H and O–H groups in total. The van der Waals surface area contributed by atoms with Gasteiger partial charge in [0.2, 0.25) is 11.0 Å². The van der Waals surface area contributed by atoms with Crippen molar-refractivity contribution < 1.29 is 4.79 Å². The van der Waals surface area contributed by atoms with Crippen LogP contribution in [0.1, 0.15) is 38.1 Å². The van der Waals surface area contributed by atoms with E-state index in [1.54, 1.807) is 0 Å². The number of carbonyl (C=O) groups excluding carboxylic acids is 1. The molecule has 1 aromatic rings. The summed E-state index contributed by atoms with van der Waals surface area (Å²) < 4.78 is 0. The Morgan fingerprint density at radius 2 is 2.33 bits per heavy atom. The van der Waals surface area contributed by atoms with Gasteiger partial charge in [0.05, 0.1) is 6.04 Å². The monoisotopic (exact) mass is 268 g/mol. The van der Waals surface area contributed by atoms with Gasteiger partial charge in [-0.2, -0.15) is 0 Å². The maximum atomic E-state index is 12.1. The lowest BCUT2D eigenvalue weighted by Crippen LogP contribution is -2.46. The molecule has 5 nitrogen and oxygen atoms in total. The Bertz CT molecular complexity index is 407. The van der Waals surface area contributed by atoms with E-state index < -0.39 is 0 Å². The molecular formula is C12H20N4OS. The summed E-state index contributed by atoms with van der Waals surface area (Å²) >= 11 is 1.45. The molecule has 2 rings (SSSR count). The van der Waals surface area contributed by atoms with Gasteiger partial charge in [-0.25, -0.2) is 0 Å². The van der Waals surface area contributed by atoms with Crippen molar-refractivity contribution in [2.75, 3.05) is 11.9 Å². The molecule has 0 aromatic carbocycles. The van der Waals surface area contributed by atoms with E-state index in [0.717, 1.165) is 30.8 Å². The van der Waals surface area contributed by atoms with Gasteiger partial charge in [-0.15, -0.1) is 10.2 Å². The second kappa shape index (κ2) is 6.24. The molecule has 0 bridgehead atoms. The Balaban J connectivity index is 1.90. The average Bonchev–Trinajstić information content (AvgIpc) is 2.86. The maximum absolute atomic E-state index is 12.1. The lowest BCUT2D eigenvalue weighted by atomic mass is 9.90. The van der Waals surface area contributed by atoms with Crippen LogP contribution >= 0.6 is 11.3 Å². The van der Waals surface area contributed by atoms with Crippen LogP contribution in [0.2, 0.25) is 0 Å². The van der Waals surface area contributed by atoms with Crippen LogP contribution < -0.4 is 10.6 Å². The summed E-state index contributed by atoms with van der Waals surface area (Å²) in [4.78, 5) is 12.1. The number of carbonyl (C=O) groups is 1. The third-order valence-corrected chi connectivity index (χ3v) is 4.39. The average molecular weight is 268 g/mol. The first-order valence-corrected chi connectivity index (χ1v) is 7.41. The van der Waals surface area contributed by atoms with E-state index in [1.165, 1.54) is 17.8 Å². The highest BCUT2D eigenvalue weighted by Crippen LogP contribution is 2.21. The molecule has 100 valence electrons. The summed E-state index contributed by atoms with van der Waals surface area (Å²) in [7, 11) is 0. The standard InChI is InChI=1S/C12H20N4OS/c1-3-8-5-6-13-9(7-8)11(17)14-12-16-15-10(4-2)18-12/h8-9,13H,3-7H2,1-2H3,(H,14,16,17).